The Kier molecular flexibility index (Phi) is 3.58. The molecule has 1 N–H and O–H groups in total. The van der Waals surface area contributed by atoms with Gasteiger partial charge in [0.1, 0.15) is 6.26 Å². The number of nitrogens with zero attached hydrogens (tertiary/aromatic N) is 2. The zero-order valence-corrected chi connectivity index (χ0v) is 13.7. The van der Waals surface area contributed by atoms with Crippen molar-refractivity contribution in [3.8, 4) is 11.5 Å². The van der Waals surface area contributed by atoms with Crippen molar-refractivity contribution < 1.29 is 18.5 Å². The summed E-state index contributed by atoms with van der Waals surface area (Å²) in [6, 6.07) is 1.78. The van der Waals surface area contributed by atoms with Crippen molar-refractivity contribution in [2.45, 2.75) is 38.5 Å². The Morgan fingerprint density at radius 1 is 1.29 bits per heavy atom. The van der Waals surface area contributed by atoms with E-state index in [9.17, 15) is 4.79 Å². The highest BCUT2D eigenvalue weighted by Crippen LogP contribution is 2.57. The Bertz CT molecular complexity index is 698. The molecule has 2 aromatic rings. The third-order valence-electron chi connectivity index (χ3n) is 5.84. The van der Waals surface area contributed by atoms with Gasteiger partial charge in [0.25, 0.3) is 11.8 Å². The van der Waals surface area contributed by atoms with Gasteiger partial charge in [-0.3, -0.25) is 4.79 Å². The first-order chi connectivity index (χ1) is 11.6. The molecule has 0 unspecified atom stereocenters. The summed E-state index contributed by atoms with van der Waals surface area (Å²) >= 11 is 0. The molecule has 3 aliphatic rings. The number of nitrogens with one attached hydrogen (secondary N) is 1. The van der Waals surface area contributed by atoms with Gasteiger partial charge in [0.2, 0.25) is 0 Å². The van der Waals surface area contributed by atoms with E-state index in [2.05, 4.69) is 15.5 Å². The summed E-state index contributed by atoms with van der Waals surface area (Å²) in [4.78, 5) is 16.4. The van der Waals surface area contributed by atoms with Crippen LogP contribution in [-0.4, -0.2) is 29.8 Å². The lowest BCUT2D eigenvalue weighted by Crippen LogP contribution is -2.48. The molecule has 2 bridgehead atoms. The van der Waals surface area contributed by atoms with Crippen LogP contribution in [0.2, 0.25) is 0 Å². The van der Waals surface area contributed by atoms with Gasteiger partial charge >= 0.3 is 5.97 Å². The Morgan fingerprint density at radius 2 is 2.04 bits per heavy atom. The van der Waals surface area contributed by atoms with Gasteiger partial charge in [-0.05, 0) is 55.2 Å². The Hall–Kier alpha value is -2.31. The predicted octanol–water partition coefficient (Wildman–Crippen LogP) is 3.26. The summed E-state index contributed by atoms with van der Waals surface area (Å²) in [6.45, 7) is 0.800. The number of hydrogen-bond donors (Lipinski definition) is 1. The fraction of sp³-hybridized carbons (Fsp3) is 0.588. The molecule has 7 heteroatoms. The van der Waals surface area contributed by atoms with Crippen LogP contribution >= 0.6 is 0 Å². The average molecular weight is 331 g/mol. The van der Waals surface area contributed by atoms with E-state index in [0.717, 1.165) is 50.6 Å². The zero-order chi connectivity index (χ0) is 16.6. The van der Waals surface area contributed by atoms with Crippen molar-refractivity contribution in [1.29, 1.82) is 0 Å². The van der Waals surface area contributed by atoms with Crippen LogP contribution in [0.3, 0.4) is 0 Å². The summed E-state index contributed by atoms with van der Waals surface area (Å²) in [5, 5.41) is 7.28. The molecule has 0 spiro atoms. The third kappa shape index (κ3) is 2.48. The predicted molar refractivity (Wildman–Crippen MR) is 85.1 cm³/mol. The summed E-state index contributed by atoms with van der Waals surface area (Å²) in [7, 11) is 1.49. The number of aromatic nitrogens is 2. The minimum Gasteiger partial charge on any atom is -0.472 e. The fourth-order valence-corrected chi connectivity index (χ4v) is 4.12. The molecular weight excluding hydrogens is 310 g/mol. The first-order valence-corrected chi connectivity index (χ1v) is 8.33. The van der Waals surface area contributed by atoms with E-state index >= 15 is 0 Å². The lowest BCUT2D eigenvalue weighted by atomic mass is 9.53. The fourth-order valence-electron chi connectivity index (χ4n) is 4.12. The maximum Gasteiger partial charge on any atom is 0.311 e. The highest BCUT2D eigenvalue weighted by molar-refractivity contribution is 5.77. The van der Waals surface area contributed by atoms with E-state index in [-0.39, 0.29) is 16.8 Å². The number of hydrogen-bond acceptors (Lipinski definition) is 7. The number of anilines is 1. The molecule has 0 atom stereocenters. The minimum absolute atomic E-state index is 0.0355. The Morgan fingerprint density at radius 3 is 2.67 bits per heavy atom. The molecule has 5 rings (SSSR count). The van der Waals surface area contributed by atoms with Crippen LogP contribution in [0.5, 0.6) is 0 Å². The van der Waals surface area contributed by atoms with Crippen LogP contribution < -0.4 is 5.32 Å². The molecule has 0 saturated heterocycles. The molecule has 7 nitrogen and oxygen atoms in total. The second-order valence-corrected chi connectivity index (χ2v) is 7.06. The number of carbonyl (C=O) groups excluding carboxylic acids is 1. The molecule has 2 aromatic heterocycles. The summed E-state index contributed by atoms with van der Waals surface area (Å²) < 4.78 is 15.3. The molecule has 3 aliphatic carbocycles. The van der Waals surface area contributed by atoms with Crippen molar-refractivity contribution in [2.75, 3.05) is 19.0 Å². The molecule has 3 fully saturated rings. The molecule has 24 heavy (non-hydrogen) atoms. The van der Waals surface area contributed by atoms with Crippen molar-refractivity contribution in [2.24, 2.45) is 10.8 Å². The summed E-state index contributed by atoms with van der Waals surface area (Å²) in [5.74, 6) is 0.906. The first kappa shape index (κ1) is 15.2. The van der Waals surface area contributed by atoms with E-state index in [0.29, 0.717) is 11.8 Å². The number of carbonyl (C=O) groups is 1. The van der Waals surface area contributed by atoms with Gasteiger partial charge in [-0.1, -0.05) is 0 Å². The molecule has 0 radical (unpaired) electrons. The maximum atomic E-state index is 12.1. The highest BCUT2D eigenvalue weighted by Gasteiger charge is 2.52. The largest absolute Gasteiger partial charge is 0.472 e. The topological polar surface area (TPSA) is 90.4 Å². The standard InChI is InChI=1S/C17H21N3O4/c1-22-14(21)17-6-3-16(4-7-17,5-8-17)11-18-15-19-13(24-20-15)12-2-9-23-10-12/h2,9-10H,3-8,11H2,1H3,(H,18,20). The smallest absolute Gasteiger partial charge is 0.311 e. The number of fused-ring (bicyclic) bond motifs is 3. The van der Waals surface area contributed by atoms with Crippen LogP contribution in [0.4, 0.5) is 5.95 Å². The summed E-state index contributed by atoms with van der Waals surface area (Å²) in [6.07, 6.45) is 8.97. The monoisotopic (exact) mass is 331 g/mol. The van der Waals surface area contributed by atoms with Gasteiger partial charge in [-0.15, -0.1) is 0 Å². The van der Waals surface area contributed by atoms with Crippen LogP contribution in [-0.2, 0) is 9.53 Å². The van der Waals surface area contributed by atoms with Crippen LogP contribution in [0.25, 0.3) is 11.5 Å². The van der Waals surface area contributed by atoms with Gasteiger partial charge in [0.05, 0.1) is 24.4 Å². The van der Waals surface area contributed by atoms with E-state index in [1.807, 2.05) is 0 Å². The second-order valence-electron chi connectivity index (χ2n) is 7.06. The molecule has 0 aliphatic heterocycles. The van der Waals surface area contributed by atoms with E-state index in [1.54, 1.807) is 18.6 Å². The van der Waals surface area contributed by atoms with Crippen LogP contribution in [0.15, 0.2) is 27.5 Å². The van der Waals surface area contributed by atoms with Crippen molar-refractivity contribution in [1.82, 2.24) is 10.1 Å². The quantitative estimate of drug-likeness (QED) is 0.841. The Balaban J connectivity index is 1.38. The van der Waals surface area contributed by atoms with Crippen molar-refractivity contribution in [3.63, 3.8) is 0 Å². The van der Waals surface area contributed by atoms with Gasteiger partial charge in [-0.25, -0.2) is 0 Å². The van der Waals surface area contributed by atoms with E-state index < -0.39 is 0 Å². The number of rotatable bonds is 5. The zero-order valence-electron chi connectivity index (χ0n) is 13.7. The van der Waals surface area contributed by atoms with E-state index in [1.165, 1.54) is 7.11 Å². The van der Waals surface area contributed by atoms with Crippen LogP contribution in [0, 0.1) is 10.8 Å². The Labute approximate surface area is 139 Å². The second kappa shape index (κ2) is 5.65. The van der Waals surface area contributed by atoms with Crippen LogP contribution in [0.1, 0.15) is 38.5 Å². The molecule has 3 saturated carbocycles. The number of ether oxygens (including phenoxy) is 1. The number of esters is 1. The summed E-state index contributed by atoms with van der Waals surface area (Å²) in [5.41, 5.74) is 0.746. The number of methoxy groups -OCH3 is 1. The SMILES string of the molecule is COC(=O)C12CCC(CNc3noc(-c4ccoc4)n3)(CC1)CC2. The molecule has 0 aromatic carbocycles. The van der Waals surface area contributed by atoms with Gasteiger partial charge in [0.15, 0.2) is 0 Å². The minimum atomic E-state index is -0.239. The molecule has 0 amide bonds. The van der Waals surface area contributed by atoms with Crippen molar-refractivity contribution >= 4 is 11.9 Å². The average Bonchev–Trinajstić information content (AvgIpc) is 3.32. The van der Waals surface area contributed by atoms with E-state index in [4.69, 9.17) is 13.7 Å². The van der Waals surface area contributed by atoms with Gasteiger partial charge < -0.3 is 19.0 Å². The maximum absolute atomic E-state index is 12.1. The van der Waals surface area contributed by atoms with Gasteiger partial charge in [0, 0.05) is 6.54 Å². The lowest BCUT2D eigenvalue weighted by Gasteiger charge is -2.51. The third-order valence-corrected chi connectivity index (χ3v) is 5.84. The number of furan rings is 1. The molecule has 128 valence electrons. The molecular formula is C17H21N3O4. The normalized spacial score (nSPS) is 28.7. The van der Waals surface area contributed by atoms with Crippen molar-refractivity contribution in [3.05, 3.63) is 18.6 Å². The lowest BCUT2D eigenvalue weighted by molar-refractivity contribution is -0.162. The first-order valence-electron chi connectivity index (χ1n) is 8.33. The molecule has 2 heterocycles. The van der Waals surface area contributed by atoms with Gasteiger partial charge in [-0.2, -0.15) is 4.98 Å². The highest BCUT2D eigenvalue weighted by atomic mass is 16.5.